The minimum atomic E-state index is -0.490. The van der Waals surface area contributed by atoms with E-state index in [0.29, 0.717) is 16.9 Å². The van der Waals surface area contributed by atoms with Gasteiger partial charge in [0.1, 0.15) is 5.69 Å². The topological polar surface area (TPSA) is 76.5 Å². The molecule has 0 radical (unpaired) electrons. The Hall–Kier alpha value is -2.11. The van der Waals surface area contributed by atoms with Gasteiger partial charge in [0.2, 0.25) is 0 Å². The van der Waals surface area contributed by atoms with Crippen LogP contribution in [-0.2, 0) is 4.74 Å². The van der Waals surface area contributed by atoms with Crippen molar-refractivity contribution in [2.45, 2.75) is 33.6 Å². The van der Waals surface area contributed by atoms with Crippen LogP contribution < -0.4 is 5.56 Å². The van der Waals surface area contributed by atoms with Crippen LogP contribution in [0.2, 0.25) is 0 Å². The average Bonchev–Trinajstić information content (AvgIpc) is 2.72. The van der Waals surface area contributed by atoms with E-state index in [1.807, 2.05) is 13.8 Å². The quantitative estimate of drug-likeness (QED) is 0.854. The lowest BCUT2D eigenvalue weighted by molar-refractivity contribution is 0.0519. The predicted molar refractivity (Wildman–Crippen MR) is 70.6 cm³/mol. The second-order valence-electron chi connectivity index (χ2n) is 4.65. The third kappa shape index (κ3) is 2.25. The van der Waals surface area contributed by atoms with E-state index >= 15 is 0 Å². The average molecular weight is 263 g/mol. The number of carbonyl (C=O) groups excluding carboxylic acids is 1. The van der Waals surface area contributed by atoms with Crippen LogP contribution in [0.4, 0.5) is 0 Å². The summed E-state index contributed by atoms with van der Waals surface area (Å²) < 4.78 is 6.18. The Morgan fingerprint density at radius 3 is 2.79 bits per heavy atom. The number of rotatable bonds is 3. The molecule has 0 spiro atoms. The Labute approximate surface area is 110 Å². The Morgan fingerprint density at radius 1 is 1.53 bits per heavy atom. The number of fused-ring (bicyclic) bond motifs is 1. The van der Waals surface area contributed by atoms with Crippen molar-refractivity contribution in [2.24, 2.45) is 0 Å². The number of carbonyl (C=O) groups is 1. The van der Waals surface area contributed by atoms with Gasteiger partial charge in [0.15, 0.2) is 5.65 Å². The van der Waals surface area contributed by atoms with Crippen molar-refractivity contribution in [3.8, 4) is 0 Å². The lowest BCUT2D eigenvalue weighted by Crippen LogP contribution is -2.23. The molecule has 0 aromatic carbocycles. The third-order valence-corrected chi connectivity index (χ3v) is 2.91. The monoisotopic (exact) mass is 263 g/mol. The molecule has 1 N–H and O–H groups in total. The highest BCUT2D eigenvalue weighted by molar-refractivity contribution is 5.88. The van der Waals surface area contributed by atoms with E-state index in [0.717, 1.165) is 0 Å². The highest BCUT2D eigenvalue weighted by atomic mass is 16.5. The van der Waals surface area contributed by atoms with Crippen LogP contribution in [0.1, 0.15) is 48.4 Å². The third-order valence-electron chi connectivity index (χ3n) is 2.91. The van der Waals surface area contributed by atoms with E-state index in [2.05, 4.69) is 10.1 Å². The van der Waals surface area contributed by atoms with Crippen LogP contribution in [0.15, 0.2) is 10.9 Å². The molecule has 2 rings (SSSR count). The summed E-state index contributed by atoms with van der Waals surface area (Å²) in [6, 6.07) is 1.52. The molecule has 0 bridgehead atoms. The van der Waals surface area contributed by atoms with Crippen LogP contribution in [0, 0.1) is 6.92 Å². The number of hydrogen-bond donors (Lipinski definition) is 1. The van der Waals surface area contributed by atoms with Gasteiger partial charge < -0.3 is 4.74 Å². The number of nitrogens with one attached hydrogen (secondary N) is 1. The highest BCUT2D eigenvalue weighted by Crippen LogP contribution is 2.14. The summed E-state index contributed by atoms with van der Waals surface area (Å²) in [4.78, 5) is 28.3. The van der Waals surface area contributed by atoms with Gasteiger partial charge in [-0.15, -0.1) is 0 Å². The van der Waals surface area contributed by atoms with E-state index in [1.165, 1.54) is 10.6 Å². The lowest BCUT2D eigenvalue weighted by atomic mass is 10.0. The van der Waals surface area contributed by atoms with Crippen LogP contribution in [-0.4, -0.2) is 27.2 Å². The SMILES string of the molecule is CCOC(=O)c1cc2nc(C)c(C(C)C)c(=O)n2[nH]1. The second kappa shape index (κ2) is 4.87. The minimum absolute atomic E-state index is 0.0752. The zero-order valence-electron chi connectivity index (χ0n) is 11.5. The number of aryl methyl sites for hydroxylation is 1. The van der Waals surface area contributed by atoms with Crippen molar-refractivity contribution in [2.75, 3.05) is 6.61 Å². The molecule has 0 amide bonds. The standard InChI is InChI=1S/C13H17N3O3/c1-5-19-13(18)9-6-10-14-8(4)11(7(2)3)12(17)16(10)15-9/h6-7,15H,5H2,1-4H3. The fourth-order valence-electron chi connectivity index (χ4n) is 2.13. The Morgan fingerprint density at radius 2 is 2.21 bits per heavy atom. The Balaban J connectivity index is 2.64. The fourth-order valence-corrected chi connectivity index (χ4v) is 2.13. The van der Waals surface area contributed by atoms with Gasteiger partial charge in [0.05, 0.1) is 6.61 Å². The summed E-state index contributed by atoms with van der Waals surface area (Å²) in [5.41, 5.74) is 1.82. The van der Waals surface area contributed by atoms with E-state index < -0.39 is 5.97 Å². The molecule has 2 heterocycles. The molecular weight excluding hydrogens is 246 g/mol. The smallest absolute Gasteiger partial charge is 0.356 e. The van der Waals surface area contributed by atoms with E-state index in [1.54, 1.807) is 13.8 Å². The maximum absolute atomic E-state index is 12.3. The van der Waals surface area contributed by atoms with Gasteiger partial charge >= 0.3 is 5.97 Å². The Bertz CT molecular complexity index is 682. The number of aromatic amines is 1. The van der Waals surface area contributed by atoms with E-state index in [9.17, 15) is 9.59 Å². The summed E-state index contributed by atoms with van der Waals surface area (Å²) >= 11 is 0. The number of aromatic nitrogens is 3. The summed E-state index contributed by atoms with van der Waals surface area (Å²) in [5, 5.41) is 2.74. The first-order valence-electron chi connectivity index (χ1n) is 6.25. The van der Waals surface area contributed by atoms with Crippen molar-refractivity contribution >= 4 is 11.6 Å². The van der Waals surface area contributed by atoms with Crippen LogP contribution in [0.5, 0.6) is 0 Å². The Kier molecular flexibility index (Phi) is 3.42. The molecule has 0 unspecified atom stereocenters. The first-order valence-corrected chi connectivity index (χ1v) is 6.25. The minimum Gasteiger partial charge on any atom is -0.461 e. The fraction of sp³-hybridized carbons (Fsp3) is 0.462. The van der Waals surface area contributed by atoms with Gasteiger partial charge in [-0.05, 0) is 19.8 Å². The van der Waals surface area contributed by atoms with Gasteiger partial charge in [-0.1, -0.05) is 13.8 Å². The first kappa shape index (κ1) is 13.3. The molecule has 0 aliphatic heterocycles. The summed E-state index contributed by atoms with van der Waals surface area (Å²) in [6.07, 6.45) is 0. The van der Waals surface area contributed by atoms with Crippen molar-refractivity contribution in [1.29, 1.82) is 0 Å². The highest BCUT2D eigenvalue weighted by Gasteiger charge is 2.17. The molecule has 0 fully saturated rings. The summed E-state index contributed by atoms with van der Waals surface area (Å²) in [5.74, 6) is -0.414. The molecule has 6 nitrogen and oxygen atoms in total. The van der Waals surface area contributed by atoms with E-state index in [-0.39, 0.29) is 23.8 Å². The summed E-state index contributed by atoms with van der Waals surface area (Å²) in [6.45, 7) is 7.69. The first-order chi connectivity index (χ1) is 8.95. The number of nitrogens with zero attached hydrogens (tertiary/aromatic N) is 2. The molecule has 2 aromatic rings. The zero-order valence-corrected chi connectivity index (χ0v) is 11.5. The molecule has 0 atom stereocenters. The van der Waals surface area contributed by atoms with Crippen molar-refractivity contribution in [3.05, 3.63) is 33.4 Å². The number of hydrogen-bond acceptors (Lipinski definition) is 4. The van der Waals surface area contributed by atoms with Crippen LogP contribution in [0.3, 0.4) is 0 Å². The van der Waals surface area contributed by atoms with Crippen molar-refractivity contribution < 1.29 is 9.53 Å². The number of ether oxygens (including phenoxy) is 1. The van der Waals surface area contributed by atoms with E-state index in [4.69, 9.17) is 4.74 Å². The van der Waals surface area contributed by atoms with Crippen molar-refractivity contribution in [3.63, 3.8) is 0 Å². The molecule has 0 saturated carbocycles. The predicted octanol–water partition coefficient (Wildman–Crippen LogP) is 1.63. The zero-order chi connectivity index (χ0) is 14.2. The molecule has 0 saturated heterocycles. The van der Waals surface area contributed by atoms with Gasteiger partial charge in [-0.2, -0.15) is 0 Å². The lowest BCUT2D eigenvalue weighted by Gasteiger charge is -2.07. The molecule has 2 aromatic heterocycles. The van der Waals surface area contributed by atoms with Gasteiger partial charge in [0.25, 0.3) is 5.56 Å². The normalized spacial score (nSPS) is 11.2. The van der Waals surface area contributed by atoms with Crippen molar-refractivity contribution in [1.82, 2.24) is 14.6 Å². The molecule has 6 heteroatoms. The number of esters is 1. The molecule has 102 valence electrons. The second-order valence-corrected chi connectivity index (χ2v) is 4.65. The molecule has 0 aliphatic rings. The maximum atomic E-state index is 12.3. The summed E-state index contributed by atoms with van der Waals surface area (Å²) in [7, 11) is 0. The maximum Gasteiger partial charge on any atom is 0.356 e. The van der Waals surface area contributed by atoms with Gasteiger partial charge in [-0.25, -0.2) is 14.3 Å². The van der Waals surface area contributed by atoms with Gasteiger partial charge in [0, 0.05) is 17.3 Å². The molecule has 19 heavy (non-hydrogen) atoms. The largest absolute Gasteiger partial charge is 0.461 e. The van der Waals surface area contributed by atoms with Crippen LogP contribution >= 0.6 is 0 Å². The van der Waals surface area contributed by atoms with Gasteiger partial charge in [-0.3, -0.25) is 9.89 Å². The van der Waals surface area contributed by atoms with Crippen LogP contribution in [0.25, 0.3) is 5.65 Å². The number of H-pyrrole nitrogens is 1. The molecule has 0 aliphatic carbocycles. The molecular formula is C13H17N3O3.